The maximum atomic E-state index is 5.83. The molecule has 4 heteroatoms. The minimum atomic E-state index is -0.206. The maximum absolute atomic E-state index is 5.83. The van der Waals surface area contributed by atoms with E-state index in [1.54, 1.807) is 0 Å². The Hall–Kier alpha value is -0.940. The summed E-state index contributed by atoms with van der Waals surface area (Å²) in [4.78, 5) is 0. The lowest BCUT2D eigenvalue weighted by Gasteiger charge is -2.23. The molecule has 0 bridgehead atoms. The molecule has 0 aromatic heterocycles. The second kappa shape index (κ2) is 3.90. The van der Waals surface area contributed by atoms with Crippen LogP contribution < -0.4 is 10.9 Å². The molecule has 80 valence electrons. The van der Waals surface area contributed by atoms with Crippen LogP contribution in [0.5, 0.6) is 0 Å². The van der Waals surface area contributed by atoms with Crippen molar-refractivity contribution in [3.05, 3.63) is 35.9 Å². The molecule has 2 fully saturated rings. The Bertz CT molecular complexity index is 317. The van der Waals surface area contributed by atoms with Gasteiger partial charge in [-0.1, -0.05) is 30.3 Å². The lowest BCUT2D eigenvalue weighted by Crippen LogP contribution is -2.52. The minimum Gasteiger partial charge on any atom is -0.341 e. The molecule has 2 saturated heterocycles. The molecule has 0 radical (unpaired) electrons. The van der Waals surface area contributed by atoms with Gasteiger partial charge in [-0.25, -0.2) is 0 Å². The van der Waals surface area contributed by atoms with Crippen LogP contribution in [-0.2, 0) is 9.47 Å². The lowest BCUT2D eigenvalue weighted by molar-refractivity contribution is -0.0658. The molecular formula is C11H14N2O2. The molecule has 3 rings (SSSR count). The van der Waals surface area contributed by atoms with Gasteiger partial charge in [0.15, 0.2) is 6.29 Å². The summed E-state index contributed by atoms with van der Waals surface area (Å²) in [6.07, 6.45) is 0.121. The highest BCUT2D eigenvalue weighted by molar-refractivity contribution is 5.17. The molecule has 1 aromatic rings. The van der Waals surface area contributed by atoms with Crippen LogP contribution in [0.15, 0.2) is 30.3 Å². The number of hydrogen-bond donors (Lipinski definition) is 2. The molecule has 2 aliphatic heterocycles. The number of hydrazine groups is 1. The molecule has 1 aromatic carbocycles. The fourth-order valence-electron chi connectivity index (χ4n) is 2.00. The van der Waals surface area contributed by atoms with Crippen LogP contribution >= 0.6 is 0 Å². The molecule has 15 heavy (non-hydrogen) atoms. The summed E-state index contributed by atoms with van der Waals surface area (Å²) in [5.41, 5.74) is 7.24. The van der Waals surface area contributed by atoms with Crippen molar-refractivity contribution in [2.45, 2.75) is 18.5 Å². The molecule has 2 atom stereocenters. The predicted octanol–water partition coefficient (Wildman–Crippen LogP) is 0.577. The van der Waals surface area contributed by atoms with E-state index in [4.69, 9.17) is 9.47 Å². The van der Waals surface area contributed by atoms with Crippen LogP contribution in [0, 0.1) is 0 Å². The standard InChI is InChI=1S/C11H14N2O2/c1-2-4-8(5-3-1)11-14-9-6-12-13-7-10(9)15-11/h1-5,9-13H,6-7H2. The smallest absolute Gasteiger partial charge is 0.184 e. The summed E-state index contributed by atoms with van der Waals surface area (Å²) in [5.74, 6) is 0. The second-order valence-electron chi connectivity index (χ2n) is 3.85. The van der Waals surface area contributed by atoms with E-state index in [-0.39, 0.29) is 18.5 Å². The van der Waals surface area contributed by atoms with Crippen LogP contribution in [0.25, 0.3) is 0 Å². The molecule has 0 aliphatic carbocycles. The monoisotopic (exact) mass is 206 g/mol. The molecule has 0 amide bonds. The zero-order valence-corrected chi connectivity index (χ0v) is 8.35. The number of nitrogens with one attached hydrogen (secondary N) is 2. The number of fused-ring (bicyclic) bond motifs is 1. The van der Waals surface area contributed by atoms with Gasteiger partial charge in [0.2, 0.25) is 0 Å². The highest BCUT2D eigenvalue weighted by Gasteiger charge is 2.38. The van der Waals surface area contributed by atoms with Crippen molar-refractivity contribution in [1.29, 1.82) is 0 Å². The molecule has 0 saturated carbocycles. The first-order chi connectivity index (χ1) is 7.43. The summed E-state index contributed by atoms with van der Waals surface area (Å²) in [7, 11) is 0. The van der Waals surface area contributed by atoms with Gasteiger partial charge in [0.05, 0.1) is 0 Å². The van der Waals surface area contributed by atoms with Crippen molar-refractivity contribution in [3.8, 4) is 0 Å². The minimum absolute atomic E-state index is 0.163. The maximum Gasteiger partial charge on any atom is 0.184 e. The molecule has 2 unspecified atom stereocenters. The zero-order valence-electron chi connectivity index (χ0n) is 8.35. The van der Waals surface area contributed by atoms with E-state index in [1.165, 1.54) is 0 Å². The van der Waals surface area contributed by atoms with Gasteiger partial charge in [-0.2, -0.15) is 0 Å². The highest BCUT2D eigenvalue weighted by Crippen LogP contribution is 2.31. The van der Waals surface area contributed by atoms with Crippen LogP contribution in [0.2, 0.25) is 0 Å². The fraction of sp³-hybridized carbons (Fsp3) is 0.455. The van der Waals surface area contributed by atoms with Crippen molar-refractivity contribution in [1.82, 2.24) is 10.9 Å². The summed E-state index contributed by atoms with van der Waals surface area (Å²) >= 11 is 0. The lowest BCUT2D eigenvalue weighted by atomic mass is 10.2. The third-order valence-electron chi connectivity index (χ3n) is 2.81. The molecule has 2 N–H and O–H groups in total. The van der Waals surface area contributed by atoms with Gasteiger partial charge in [-0.15, -0.1) is 0 Å². The Balaban J connectivity index is 1.75. The third-order valence-corrected chi connectivity index (χ3v) is 2.81. The van der Waals surface area contributed by atoms with Crippen LogP contribution in [0.3, 0.4) is 0 Å². The topological polar surface area (TPSA) is 42.5 Å². The van der Waals surface area contributed by atoms with Crippen LogP contribution in [0.4, 0.5) is 0 Å². The van der Waals surface area contributed by atoms with Crippen molar-refractivity contribution in [2.75, 3.05) is 13.1 Å². The Morgan fingerprint density at radius 1 is 0.933 bits per heavy atom. The molecule has 0 spiro atoms. The number of hydrogen-bond acceptors (Lipinski definition) is 4. The molecule has 2 aliphatic rings. The fourth-order valence-corrected chi connectivity index (χ4v) is 2.00. The van der Waals surface area contributed by atoms with Gasteiger partial charge in [0.25, 0.3) is 0 Å². The van der Waals surface area contributed by atoms with Crippen LogP contribution in [0.1, 0.15) is 11.9 Å². The van der Waals surface area contributed by atoms with Gasteiger partial charge in [0.1, 0.15) is 12.2 Å². The van der Waals surface area contributed by atoms with E-state index in [2.05, 4.69) is 10.9 Å². The summed E-state index contributed by atoms with van der Waals surface area (Å²) in [6, 6.07) is 10.1. The van der Waals surface area contributed by atoms with Crippen molar-refractivity contribution < 1.29 is 9.47 Å². The number of benzene rings is 1. The van der Waals surface area contributed by atoms with E-state index in [9.17, 15) is 0 Å². The summed E-state index contributed by atoms with van der Waals surface area (Å²) in [6.45, 7) is 1.60. The van der Waals surface area contributed by atoms with Crippen LogP contribution in [-0.4, -0.2) is 25.3 Å². The third kappa shape index (κ3) is 1.77. The summed E-state index contributed by atoms with van der Waals surface area (Å²) < 4.78 is 11.7. The Morgan fingerprint density at radius 2 is 1.53 bits per heavy atom. The number of ether oxygens (including phenoxy) is 2. The van der Waals surface area contributed by atoms with Gasteiger partial charge >= 0.3 is 0 Å². The first-order valence-corrected chi connectivity index (χ1v) is 5.25. The highest BCUT2D eigenvalue weighted by atomic mass is 16.7. The van der Waals surface area contributed by atoms with Gasteiger partial charge in [0, 0.05) is 18.7 Å². The van der Waals surface area contributed by atoms with Crippen molar-refractivity contribution in [3.63, 3.8) is 0 Å². The summed E-state index contributed by atoms with van der Waals surface area (Å²) in [5, 5.41) is 0. The largest absolute Gasteiger partial charge is 0.341 e. The second-order valence-corrected chi connectivity index (χ2v) is 3.85. The van der Waals surface area contributed by atoms with Crippen molar-refractivity contribution in [2.24, 2.45) is 0 Å². The SMILES string of the molecule is c1ccc(C2OC3CNNCC3O2)cc1. The van der Waals surface area contributed by atoms with Crippen molar-refractivity contribution >= 4 is 0 Å². The van der Waals surface area contributed by atoms with E-state index < -0.39 is 0 Å². The molecule has 2 heterocycles. The van der Waals surface area contributed by atoms with Gasteiger partial charge in [-0.05, 0) is 0 Å². The Labute approximate surface area is 88.5 Å². The average Bonchev–Trinajstić information content (AvgIpc) is 2.74. The quantitative estimate of drug-likeness (QED) is 0.705. The van der Waals surface area contributed by atoms with E-state index in [0.717, 1.165) is 18.7 Å². The first-order valence-electron chi connectivity index (χ1n) is 5.25. The van der Waals surface area contributed by atoms with E-state index in [0.29, 0.717) is 0 Å². The molecular weight excluding hydrogens is 192 g/mol. The normalized spacial score (nSPS) is 35.1. The number of rotatable bonds is 1. The molecule has 4 nitrogen and oxygen atoms in total. The Morgan fingerprint density at radius 3 is 2.13 bits per heavy atom. The van der Waals surface area contributed by atoms with Gasteiger partial charge < -0.3 is 9.47 Å². The first kappa shape index (κ1) is 9.30. The van der Waals surface area contributed by atoms with Gasteiger partial charge in [-0.3, -0.25) is 10.9 Å². The van der Waals surface area contributed by atoms with E-state index >= 15 is 0 Å². The van der Waals surface area contributed by atoms with E-state index in [1.807, 2.05) is 30.3 Å². The predicted molar refractivity (Wildman–Crippen MR) is 54.9 cm³/mol. The zero-order chi connectivity index (χ0) is 10.1. The average molecular weight is 206 g/mol. The Kier molecular flexibility index (Phi) is 2.42.